The molecule has 4 rings (SSSR count). The van der Waals surface area contributed by atoms with Gasteiger partial charge in [-0.25, -0.2) is 4.79 Å². The predicted octanol–water partition coefficient (Wildman–Crippen LogP) is 0.330. The summed E-state index contributed by atoms with van der Waals surface area (Å²) in [6, 6.07) is 7.67. The van der Waals surface area contributed by atoms with E-state index in [0.717, 1.165) is 11.3 Å². The Morgan fingerprint density at radius 3 is 2.66 bits per heavy atom. The molecule has 1 aromatic heterocycles. The van der Waals surface area contributed by atoms with Crippen molar-refractivity contribution < 1.29 is 34.0 Å². The topological polar surface area (TPSA) is 138 Å². The largest absolute Gasteiger partial charge is 0.462 e. The quantitative estimate of drug-likeness (QED) is 0.473. The molecule has 154 valence electrons. The fourth-order valence-electron chi connectivity index (χ4n) is 3.46. The molecule has 1 amide bonds. The lowest BCUT2D eigenvalue weighted by molar-refractivity contribution is -0.244. The van der Waals surface area contributed by atoms with Gasteiger partial charge in [-0.3, -0.25) is 4.79 Å². The molecule has 1 aliphatic rings. The van der Waals surface area contributed by atoms with Crippen LogP contribution in [-0.2, 0) is 9.53 Å². The molecule has 9 nitrogen and oxygen atoms in total. The van der Waals surface area contributed by atoms with Crippen LogP contribution in [-0.4, -0.2) is 58.5 Å². The second-order valence-corrected chi connectivity index (χ2v) is 7.73. The maximum Gasteiger partial charge on any atom is 0.396 e. The summed E-state index contributed by atoms with van der Waals surface area (Å²) in [5.41, 5.74) is 0.439. The Hall–Kier alpha value is -2.50. The van der Waals surface area contributed by atoms with Crippen molar-refractivity contribution >= 4 is 38.3 Å². The van der Waals surface area contributed by atoms with Crippen LogP contribution < -0.4 is 15.0 Å². The number of carbonyl (C=O) groups excluding carboxylic acids is 1. The molecule has 0 unspecified atom stereocenters. The molecule has 29 heavy (non-hydrogen) atoms. The molecule has 3 aromatic rings. The van der Waals surface area contributed by atoms with Crippen LogP contribution in [0.3, 0.4) is 0 Å². The average Bonchev–Trinajstić information content (AvgIpc) is 3.07. The summed E-state index contributed by atoms with van der Waals surface area (Å²) in [5, 5.41) is 33.8. The van der Waals surface area contributed by atoms with Crippen molar-refractivity contribution in [2.75, 3.05) is 6.61 Å². The highest BCUT2D eigenvalue weighted by atomic mass is 32.1. The van der Waals surface area contributed by atoms with Gasteiger partial charge in [-0.05, 0) is 0 Å². The lowest BCUT2D eigenvalue weighted by Crippen LogP contribution is -2.65. The Balaban J connectivity index is 1.78. The van der Waals surface area contributed by atoms with Crippen LogP contribution in [0.1, 0.15) is 6.92 Å². The number of ether oxygens (including phenoxy) is 2. The molecule has 0 saturated carbocycles. The SMILES string of the molecule is CC(=O)N[C@@H]1[C@H](Oc2cc3sc(=O)oc3c3ccccc23)O[C@H](CO)[C@H](O)[C@H]1O. The van der Waals surface area contributed by atoms with E-state index >= 15 is 0 Å². The summed E-state index contributed by atoms with van der Waals surface area (Å²) in [4.78, 5) is 22.9. The lowest BCUT2D eigenvalue weighted by atomic mass is 9.97. The first-order chi connectivity index (χ1) is 13.9. The summed E-state index contributed by atoms with van der Waals surface area (Å²) in [5.74, 6) is -0.111. The third-order valence-electron chi connectivity index (χ3n) is 4.80. The number of aliphatic hydroxyl groups is 3. The molecule has 0 aliphatic carbocycles. The number of carbonyl (C=O) groups is 1. The first-order valence-corrected chi connectivity index (χ1v) is 9.72. The van der Waals surface area contributed by atoms with Crippen LogP contribution in [0.25, 0.3) is 21.1 Å². The molecule has 1 saturated heterocycles. The number of fused-ring (bicyclic) bond motifs is 3. The smallest absolute Gasteiger partial charge is 0.396 e. The number of hydrogen-bond acceptors (Lipinski definition) is 9. The summed E-state index contributed by atoms with van der Waals surface area (Å²) in [6.45, 7) is 0.715. The van der Waals surface area contributed by atoms with Crippen molar-refractivity contribution in [3.8, 4) is 5.75 Å². The highest BCUT2D eigenvalue weighted by Gasteiger charge is 2.46. The Morgan fingerprint density at radius 2 is 1.97 bits per heavy atom. The standard InChI is InChI=1S/C19H19NO8S/c1-8(22)20-14-16(24)15(23)12(7-21)27-18(14)26-11-6-13-17(28-19(25)29-13)10-5-3-2-4-9(10)11/h2-6,12,14-16,18,21,23-24H,7H2,1H3,(H,20,22)/t12-,14+,15+,16+,18-/m1/s1. The van der Waals surface area contributed by atoms with Gasteiger partial charge in [0.25, 0.3) is 0 Å². The van der Waals surface area contributed by atoms with Crippen LogP contribution in [0.5, 0.6) is 5.75 Å². The molecule has 4 N–H and O–H groups in total. The van der Waals surface area contributed by atoms with E-state index in [1.807, 2.05) is 0 Å². The van der Waals surface area contributed by atoms with E-state index in [9.17, 15) is 24.9 Å². The number of amides is 1. The van der Waals surface area contributed by atoms with Crippen LogP contribution in [0, 0.1) is 0 Å². The summed E-state index contributed by atoms with van der Waals surface area (Å²) < 4.78 is 17.5. The minimum Gasteiger partial charge on any atom is -0.462 e. The first-order valence-electron chi connectivity index (χ1n) is 8.90. The maximum absolute atomic E-state index is 11.7. The van der Waals surface area contributed by atoms with E-state index < -0.39 is 48.1 Å². The van der Waals surface area contributed by atoms with E-state index in [0.29, 0.717) is 26.8 Å². The Labute approximate surface area is 168 Å². The minimum absolute atomic E-state index is 0.339. The van der Waals surface area contributed by atoms with Gasteiger partial charge >= 0.3 is 4.94 Å². The van der Waals surface area contributed by atoms with Gasteiger partial charge in [0.2, 0.25) is 12.2 Å². The van der Waals surface area contributed by atoms with Crippen LogP contribution in [0.2, 0.25) is 0 Å². The molecule has 1 fully saturated rings. The zero-order valence-electron chi connectivity index (χ0n) is 15.3. The summed E-state index contributed by atoms with van der Waals surface area (Å²) >= 11 is 0.918. The van der Waals surface area contributed by atoms with Gasteiger partial charge in [0.15, 0.2) is 5.58 Å². The third-order valence-corrected chi connectivity index (χ3v) is 5.57. The predicted molar refractivity (Wildman–Crippen MR) is 104 cm³/mol. The van der Waals surface area contributed by atoms with Gasteiger partial charge in [0.1, 0.15) is 30.1 Å². The van der Waals surface area contributed by atoms with Crippen molar-refractivity contribution in [1.82, 2.24) is 5.32 Å². The van der Waals surface area contributed by atoms with E-state index in [1.54, 1.807) is 30.3 Å². The molecule has 0 radical (unpaired) electrons. The van der Waals surface area contributed by atoms with E-state index in [1.165, 1.54) is 6.92 Å². The maximum atomic E-state index is 11.7. The fraction of sp³-hybridized carbons (Fsp3) is 0.368. The second kappa shape index (κ2) is 7.73. The van der Waals surface area contributed by atoms with Crippen molar-refractivity contribution in [3.63, 3.8) is 0 Å². The van der Waals surface area contributed by atoms with Gasteiger partial charge in [0.05, 0.1) is 11.3 Å². The first kappa shape index (κ1) is 19.8. The number of aliphatic hydroxyl groups excluding tert-OH is 3. The molecule has 10 heteroatoms. The van der Waals surface area contributed by atoms with E-state index in [-0.39, 0.29) is 0 Å². The number of nitrogens with one attached hydrogen (secondary N) is 1. The van der Waals surface area contributed by atoms with E-state index in [2.05, 4.69) is 5.32 Å². The molecule has 2 aromatic carbocycles. The molecular formula is C19H19NO8S. The lowest BCUT2D eigenvalue weighted by Gasteiger charge is -2.42. The van der Waals surface area contributed by atoms with Crippen molar-refractivity contribution in [3.05, 3.63) is 40.1 Å². The van der Waals surface area contributed by atoms with Crippen LogP contribution in [0.4, 0.5) is 0 Å². The van der Waals surface area contributed by atoms with Crippen molar-refractivity contribution in [2.45, 2.75) is 37.6 Å². The normalized spacial score (nSPS) is 27.2. The minimum atomic E-state index is -1.42. The van der Waals surface area contributed by atoms with Gasteiger partial charge in [-0.1, -0.05) is 35.6 Å². The van der Waals surface area contributed by atoms with E-state index in [4.69, 9.17) is 13.9 Å². The van der Waals surface area contributed by atoms with Gasteiger partial charge < -0.3 is 34.5 Å². The highest BCUT2D eigenvalue weighted by molar-refractivity contribution is 7.16. The molecule has 1 aliphatic heterocycles. The number of rotatable bonds is 4. The third kappa shape index (κ3) is 3.61. The molecule has 5 atom stereocenters. The zero-order chi connectivity index (χ0) is 20.7. The van der Waals surface area contributed by atoms with Crippen molar-refractivity contribution in [1.29, 1.82) is 0 Å². The Kier molecular flexibility index (Phi) is 5.28. The highest BCUT2D eigenvalue weighted by Crippen LogP contribution is 2.36. The second-order valence-electron chi connectivity index (χ2n) is 6.75. The van der Waals surface area contributed by atoms with Crippen LogP contribution >= 0.6 is 11.3 Å². The number of hydrogen-bond donors (Lipinski definition) is 4. The van der Waals surface area contributed by atoms with Gasteiger partial charge in [0, 0.05) is 23.8 Å². The number of benzene rings is 2. The van der Waals surface area contributed by atoms with Crippen LogP contribution in [0.15, 0.2) is 39.5 Å². The Bertz CT molecular complexity index is 1110. The monoisotopic (exact) mass is 421 g/mol. The zero-order valence-corrected chi connectivity index (χ0v) is 16.1. The molecular weight excluding hydrogens is 402 g/mol. The van der Waals surface area contributed by atoms with Gasteiger partial charge in [-0.2, -0.15) is 0 Å². The average molecular weight is 421 g/mol. The summed E-state index contributed by atoms with van der Waals surface area (Å²) in [6.07, 6.45) is -5.12. The summed E-state index contributed by atoms with van der Waals surface area (Å²) in [7, 11) is 0. The fourth-order valence-corrected chi connectivity index (χ4v) is 4.17. The Morgan fingerprint density at radius 1 is 1.24 bits per heavy atom. The molecule has 2 heterocycles. The molecule has 0 spiro atoms. The van der Waals surface area contributed by atoms with Gasteiger partial charge in [-0.15, -0.1) is 0 Å². The molecule has 0 bridgehead atoms. The van der Waals surface area contributed by atoms with Crippen molar-refractivity contribution in [2.24, 2.45) is 0 Å².